The van der Waals surface area contributed by atoms with E-state index in [9.17, 15) is 18.0 Å². The van der Waals surface area contributed by atoms with Crippen molar-refractivity contribution in [3.63, 3.8) is 0 Å². The SMILES string of the molecule is CNC(=O)c1cc(Cl)ccc1NS(=O)(=O)c1ccc(C(=O)N2CCOCC2)cc1. The number of nitrogens with one attached hydrogen (secondary N) is 2. The summed E-state index contributed by atoms with van der Waals surface area (Å²) in [6.45, 7) is 1.96. The van der Waals surface area contributed by atoms with Crippen LogP contribution in [-0.2, 0) is 14.8 Å². The molecule has 0 atom stereocenters. The van der Waals surface area contributed by atoms with Crippen LogP contribution in [-0.4, -0.2) is 58.5 Å². The van der Waals surface area contributed by atoms with Gasteiger partial charge in [0.1, 0.15) is 0 Å². The maximum atomic E-state index is 12.7. The summed E-state index contributed by atoms with van der Waals surface area (Å²) >= 11 is 5.92. The molecule has 0 radical (unpaired) electrons. The number of morpholine rings is 1. The average molecular weight is 438 g/mol. The van der Waals surface area contributed by atoms with Crippen LogP contribution in [0.15, 0.2) is 47.4 Å². The minimum atomic E-state index is -3.98. The fraction of sp³-hybridized carbons (Fsp3) is 0.263. The maximum Gasteiger partial charge on any atom is 0.261 e. The summed E-state index contributed by atoms with van der Waals surface area (Å²) in [5, 5.41) is 2.75. The Hall–Kier alpha value is -2.62. The number of anilines is 1. The van der Waals surface area contributed by atoms with Crippen LogP contribution in [0.2, 0.25) is 5.02 Å². The van der Waals surface area contributed by atoms with Crippen molar-refractivity contribution in [1.82, 2.24) is 10.2 Å². The Morgan fingerprint density at radius 2 is 1.72 bits per heavy atom. The number of halogens is 1. The van der Waals surface area contributed by atoms with Crippen molar-refractivity contribution in [1.29, 1.82) is 0 Å². The van der Waals surface area contributed by atoms with Gasteiger partial charge in [0.15, 0.2) is 0 Å². The van der Waals surface area contributed by atoms with Gasteiger partial charge in [-0.15, -0.1) is 0 Å². The number of benzene rings is 2. The standard InChI is InChI=1S/C19H20ClN3O5S/c1-21-18(24)16-12-14(20)4-7-17(16)22-29(26,27)15-5-2-13(3-6-15)19(25)23-8-10-28-11-9-23/h2-7,12,22H,8-11H2,1H3,(H,21,24). The van der Waals surface area contributed by atoms with Gasteiger partial charge in [-0.25, -0.2) is 8.42 Å². The Balaban J connectivity index is 1.82. The second-order valence-corrected chi connectivity index (χ2v) is 8.42. The van der Waals surface area contributed by atoms with Crippen molar-refractivity contribution in [2.45, 2.75) is 4.90 Å². The molecule has 0 aliphatic carbocycles. The molecule has 0 bridgehead atoms. The van der Waals surface area contributed by atoms with E-state index in [-0.39, 0.29) is 22.1 Å². The quantitative estimate of drug-likeness (QED) is 0.744. The molecular weight excluding hydrogens is 418 g/mol. The van der Waals surface area contributed by atoms with E-state index in [0.717, 1.165) is 0 Å². The lowest BCUT2D eigenvalue weighted by molar-refractivity contribution is 0.0303. The van der Waals surface area contributed by atoms with Crippen LogP contribution in [0.3, 0.4) is 0 Å². The van der Waals surface area contributed by atoms with E-state index in [1.807, 2.05) is 0 Å². The average Bonchev–Trinajstić information content (AvgIpc) is 2.74. The minimum Gasteiger partial charge on any atom is -0.378 e. The van der Waals surface area contributed by atoms with Gasteiger partial charge in [-0.2, -0.15) is 0 Å². The van der Waals surface area contributed by atoms with E-state index >= 15 is 0 Å². The van der Waals surface area contributed by atoms with Crippen LogP contribution in [0.25, 0.3) is 0 Å². The first-order valence-corrected chi connectivity index (χ1v) is 10.7. The van der Waals surface area contributed by atoms with E-state index in [1.54, 1.807) is 4.90 Å². The van der Waals surface area contributed by atoms with Crippen LogP contribution >= 0.6 is 11.6 Å². The molecule has 3 rings (SSSR count). The highest BCUT2D eigenvalue weighted by Gasteiger charge is 2.21. The predicted molar refractivity (Wildman–Crippen MR) is 109 cm³/mol. The molecule has 29 heavy (non-hydrogen) atoms. The fourth-order valence-electron chi connectivity index (χ4n) is 2.86. The molecule has 1 fully saturated rings. The number of hydrogen-bond acceptors (Lipinski definition) is 5. The van der Waals surface area contributed by atoms with Crippen molar-refractivity contribution < 1.29 is 22.7 Å². The Labute approximate surface area is 173 Å². The Morgan fingerprint density at radius 1 is 1.07 bits per heavy atom. The lowest BCUT2D eigenvalue weighted by atomic mass is 10.2. The van der Waals surface area contributed by atoms with Crippen molar-refractivity contribution in [2.24, 2.45) is 0 Å². The minimum absolute atomic E-state index is 0.0335. The number of amides is 2. The molecule has 1 aliphatic heterocycles. The molecule has 2 aromatic rings. The van der Waals surface area contributed by atoms with Crippen LogP contribution in [0.4, 0.5) is 5.69 Å². The van der Waals surface area contributed by atoms with Crippen molar-refractivity contribution in [3.8, 4) is 0 Å². The first-order chi connectivity index (χ1) is 13.8. The zero-order chi connectivity index (χ0) is 21.0. The van der Waals surface area contributed by atoms with Crippen molar-refractivity contribution in [2.75, 3.05) is 38.1 Å². The summed E-state index contributed by atoms with van der Waals surface area (Å²) < 4.78 is 33.1. The summed E-state index contributed by atoms with van der Waals surface area (Å²) in [4.78, 5) is 26.1. The highest BCUT2D eigenvalue weighted by atomic mass is 35.5. The number of sulfonamides is 1. The summed E-state index contributed by atoms with van der Waals surface area (Å²) in [7, 11) is -2.54. The fourth-order valence-corrected chi connectivity index (χ4v) is 4.11. The Bertz CT molecular complexity index is 1020. The monoisotopic (exact) mass is 437 g/mol. The second-order valence-electron chi connectivity index (χ2n) is 6.30. The highest BCUT2D eigenvalue weighted by molar-refractivity contribution is 7.92. The molecule has 10 heteroatoms. The number of carbonyl (C=O) groups excluding carboxylic acids is 2. The highest BCUT2D eigenvalue weighted by Crippen LogP contribution is 2.24. The normalized spacial score (nSPS) is 14.3. The molecule has 0 spiro atoms. The molecule has 2 N–H and O–H groups in total. The number of ether oxygens (including phenoxy) is 1. The number of carbonyl (C=O) groups is 2. The molecule has 0 saturated carbocycles. The first kappa shape index (κ1) is 21.1. The lowest BCUT2D eigenvalue weighted by Gasteiger charge is -2.26. The van der Waals surface area contributed by atoms with E-state index in [2.05, 4.69) is 10.0 Å². The maximum absolute atomic E-state index is 12.7. The summed E-state index contributed by atoms with van der Waals surface area (Å²) in [6, 6.07) is 9.91. The molecule has 0 aromatic heterocycles. The van der Waals surface area contributed by atoms with Gasteiger partial charge in [-0.3, -0.25) is 14.3 Å². The largest absolute Gasteiger partial charge is 0.378 e. The Morgan fingerprint density at radius 3 is 2.34 bits per heavy atom. The predicted octanol–water partition coefficient (Wildman–Crippen LogP) is 1.97. The molecule has 2 aromatic carbocycles. The molecule has 2 amide bonds. The first-order valence-electron chi connectivity index (χ1n) is 8.83. The van der Waals surface area contributed by atoms with E-state index < -0.39 is 15.9 Å². The zero-order valence-electron chi connectivity index (χ0n) is 15.6. The van der Waals surface area contributed by atoms with Gasteiger partial charge in [0.25, 0.3) is 21.8 Å². The van der Waals surface area contributed by atoms with Gasteiger partial charge in [0.2, 0.25) is 0 Å². The van der Waals surface area contributed by atoms with E-state index in [4.69, 9.17) is 16.3 Å². The number of nitrogens with zero attached hydrogens (tertiary/aromatic N) is 1. The van der Waals surface area contributed by atoms with Gasteiger partial charge >= 0.3 is 0 Å². The third kappa shape index (κ3) is 4.87. The van der Waals surface area contributed by atoms with Crippen LogP contribution < -0.4 is 10.0 Å². The van der Waals surface area contributed by atoms with Crippen LogP contribution in [0.1, 0.15) is 20.7 Å². The van der Waals surface area contributed by atoms with Crippen molar-refractivity contribution in [3.05, 3.63) is 58.6 Å². The van der Waals surface area contributed by atoms with Gasteiger partial charge in [0, 0.05) is 30.7 Å². The molecule has 8 nitrogen and oxygen atoms in total. The van der Waals surface area contributed by atoms with Crippen molar-refractivity contribution >= 4 is 39.1 Å². The zero-order valence-corrected chi connectivity index (χ0v) is 17.2. The van der Waals surface area contributed by atoms with Gasteiger partial charge in [-0.1, -0.05) is 11.6 Å². The van der Waals surface area contributed by atoms with Gasteiger partial charge in [0.05, 0.1) is 29.4 Å². The number of hydrogen-bond donors (Lipinski definition) is 2. The summed E-state index contributed by atoms with van der Waals surface area (Å²) in [5.41, 5.74) is 0.591. The molecule has 1 saturated heterocycles. The Kier molecular flexibility index (Phi) is 6.41. The second kappa shape index (κ2) is 8.81. The third-order valence-corrected chi connectivity index (χ3v) is 6.02. The van der Waals surface area contributed by atoms with Crippen LogP contribution in [0, 0.1) is 0 Å². The van der Waals surface area contributed by atoms with E-state index in [1.165, 1.54) is 49.5 Å². The molecule has 0 unspecified atom stereocenters. The van der Waals surface area contributed by atoms with E-state index in [0.29, 0.717) is 36.9 Å². The molecule has 1 aliphatic rings. The summed E-state index contributed by atoms with van der Waals surface area (Å²) in [5.74, 6) is -0.651. The molecular formula is C19H20ClN3O5S. The number of rotatable bonds is 5. The lowest BCUT2D eigenvalue weighted by Crippen LogP contribution is -2.40. The molecule has 1 heterocycles. The topological polar surface area (TPSA) is 105 Å². The molecule has 154 valence electrons. The van der Waals surface area contributed by atoms with Crippen LogP contribution in [0.5, 0.6) is 0 Å². The van der Waals surface area contributed by atoms with Gasteiger partial charge in [-0.05, 0) is 42.5 Å². The third-order valence-electron chi connectivity index (χ3n) is 4.41. The summed E-state index contributed by atoms with van der Waals surface area (Å²) in [6.07, 6.45) is 0. The smallest absolute Gasteiger partial charge is 0.261 e. The van der Waals surface area contributed by atoms with Gasteiger partial charge < -0.3 is 15.0 Å².